The smallest absolute Gasteiger partial charge is 0.251 e. The summed E-state index contributed by atoms with van der Waals surface area (Å²) in [6.45, 7) is 7.70. The van der Waals surface area contributed by atoms with Gasteiger partial charge in [-0.25, -0.2) is 4.39 Å². The van der Waals surface area contributed by atoms with Crippen LogP contribution in [0.5, 0.6) is 0 Å². The average molecular weight is 426 g/mol. The van der Waals surface area contributed by atoms with Gasteiger partial charge in [0, 0.05) is 38.3 Å². The number of carbonyl (C=O) groups excluding carboxylic acids is 2. The molecule has 2 aromatic rings. The van der Waals surface area contributed by atoms with E-state index >= 15 is 0 Å². The molecule has 0 unspecified atom stereocenters. The van der Waals surface area contributed by atoms with E-state index < -0.39 is 6.04 Å². The molecule has 1 aliphatic rings. The quantitative estimate of drug-likeness (QED) is 0.736. The fourth-order valence-corrected chi connectivity index (χ4v) is 3.89. The first-order valence-corrected chi connectivity index (χ1v) is 11.1. The molecule has 2 atom stereocenters. The van der Waals surface area contributed by atoms with Crippen LogP contribution in [-0.4, -0.2) is 53.8 Å². The molecule has 1 N–H and O–H groups in total. The molecule has 1 heterocycles. The fourth-order valence-electron chi connectivity index (χ4n) is 3.89. The second-order valence-corrected chi connectivity index (χ2v) is 8.28. The molecule has 5 nitrogen and oxygen atoms in total. The summed E-state index contributed by atoms with van der Waals surface area (Å²) in [5.74, 6) is -0.418. The maximum absolute atomic E-state index is 13.4. The summed E-state index contributed by atoms with van der Waals surface area (Å²) in [5, 5.41) is 2.98. The number of amides is 2. The zero-order valence-electron chi connectivity index (χ0n) is 18.4. The third-order valence-electron chi connectivity index (χ3n) is 6.02. The van der Waals surface area contributed by atoms with E-state index in [-0.39, 0.29) is 23.5 Å². The van der Waals surface area contributed by atoms with Gasteiger partial charge in [-0.1, -0.05) is 50.6 Å². The van der Waals surface area contributed by atoms with Crippen molar-refractivity contribution in [3.63, 3.8) is 0 Å². The van der Waals surface area contributed by atoms with E-state index in [0.717, 1.165) is 38.0 Å². The van der Waals surface area contributed by atoms with Gasteiger partial charge in [-0.05, 0) is 42.2 Å². The predicted molar refractivity (Wildman–Crippen MR) is 120 cm³/mol. The van der Waals surface area contributed by atoms with Crippen LogP contribution in [0.3, 0.4) is 0 Å². The first-order chi connectivity index (χ1) is 15.0. The van der Waals surface area contributed by atoms with Crippen LogP contribution < -0.4 is 5.32 Å². The van der Waals surface area contributed by atoms with Crippen molar-refractivity contribution in [2.75, 3.05) is 26.2 Å². The van der Waals surface area contributed by atoms with Crippen LogP contribution in [0.15, 0.2) is 54.6 Å². The predicted octanol–water partition coefficient (Wildman–Crippen LogP) is 3.70. The Hall–Kier alpha value is -2.73. The van der Waals surface area contributed by atoms with Crippen molar-refractivity contribution in [1.82, 2.24) is 15.1 Å². The van der Waals surface area contributed by atoms with E-state index in [9.17, 15) is 14.0 Å². The van der Waals surface area contributed by atoms with E-state index in [2.05, 4.69) is 10.2 Å². The van der Waals surface area contributed by atoms with E-state index in [0.29, 0.717) is 18.7 Å². The maximum atomic E-state index is 13.4. The van der Waals surface area contributed by atoms with E-state index in [1.807, 2.05) is 36.9 Å². The molecule has 1 fully saturated rings. The molecule has 2 aromatic carbocycles. The second kappa shape index (κ2) is 11.0. The van der Waals surface area contributed by atoms with Crippen molar-refractivity contribution in [3.05, 3.63) is 71.5 Å². The molecule has 0 aliphatic carbocycles. The Bertz CT molecular complexity index is 857. The number of hydrogen-bond donors (Lipinski definition) is 1. The third kappa shape index (κ3) is 6.37. The Morgan fingerprint density at radius 2 is 1.71 bits per heavy atom. The Morgan fingerprint density at radius 3 is 2.39 bits per heavy atom. The number of nitrogens with zero attached hydrogens (tertiary/aromatic N) is 2. The largest absolute Gasteiger partial charge is 0.340 e. The monoisotopic (exact) mass is 425 g/mol. The molecule has 1 aliphatic heterocycles. The molecular formula is C25H32FN3O2. The normalized spacial score (nSPS) is 16.9. The Labute approximate surface area is 184 Å². The van der Waals surface area contributed by atoms with Crippen molar-refractivity contribution >= 4 is 11.8 Å². The summed E-state index contributed by atoms with van der Waals surface area (Å²) in [5.41, 5.74) is 1.62. The summed E-state index contributed by atoms with van der Waals surface area (Å²) in [4.78, 5) is 30.2. The summed E-state index contributed by atoms with van der Waals surface area (Å²) in [6, 6.07) is 15.1. The van der Waals surface area contributed by atoms with Crippen LogP contribution in [0.25, 0.3) is 0 Å². The number of carbonyl (C=O) groups is 2. The minimum Gasteiger partial charge on any atom is -0.340 e. The molecule has 166 valence electrons. The van der Waals surface area contributed by atoms with Gasteiger partial charge in [0.25, 0.3) is 5.91 Å². The number of halogens is 1. The first kappa shape index (κ1) is 22.9. The number of rotatable bonds is 7. The van der Waals surface area contributed by atoms with E-state index in [1.54, 1.807) is 24.3 Å². The van der Waals surface area contributed by atoms with E-state index in [1.165, 1.54) is 12.1 Å². The van der Waals surface area contributed by atoms with Gasteiger partial charge in [-0.2, -0.15) is 0 Å². The molecule has 31 heavy (non-hydrogen) atoms. The van der Waals surface area contributed by atoms with Crippen molar-refractivity contribution < 1.29 is 14.0 Å². The summed E-state index contributed by atoms with van der Waals surface area (Å²) >= 11 is 0. The fraction of sp³-hybridized carbons (Fsp3) is 0.440. The zero-order valence-corrected chi connectivity index (χ0v) is 18.4. The third-order valence-corrected chi connectivity index (χ3v) is 6.02. The molecule has 1 saturated heterocycles. The van der Waals surface area contributed by atoms with Gasteiger partial charge < -0.3 is 10.2 Å². The van der Waals surface area contributed by atoms with Crippen LogP contribution in [-0.2, 0) is 11.3 Å². The molecular weight excluding hydrogens is 393 g/mol. The lowest BCUT2D eigenvalue weighted by Crippen LogP contribution is -2.52. The highest BCUT2D eigenvalue weighted by atomic mass is 19.1. The molecule has 0 spiro atoms. The zero-order chi connectivity index (χ0) is 22.2. The second-order valence-electron chi connectivity index (χ2n) is 8.28. The minimum atomic E-state index is -0.540. The molecule has 2 amide bonds. The average Bonchev–Trinajstić information content (AvgIpc) is 3.04. The highest BCUT2D eigenvalue weighted by Gasteiger charge is 2.31. The van der Waals surface area contributed by atoms with Crippen LogP contribution in [0, 0.1) is 11.7 Å². The lowest BCUT2D eigenvalue weighted by atomic mass is 9.97. The SMILES string of the molecule is CC[C@H](C)[C@H](NC(=O)c1ccccc1)C(=O)N1CCCN(Cc2ccc(F)cc2)CC1. The van der Waals surface area contributed by atoms with Crippen LogP contribution in [0.4, 0.5) is 4.39 Å². The summed E-state index contributed by atoms with van der Waals surface area (Å²) in [6.07, 6.45) is 1.67. The van der Waals surface area contributed by atoms with E-state index in [4.69, 9.17) is 0 Å². The molecule has 3 rings (SSSR count). The Kier molecular flexibility index (Phi) is 8.18. The molecule has 6 heteroatoms. The topological polar surface area (TPSA) is 52.7 Å². The number of benzene rings is 2. The Morgan fingerprint density at radius 1 is 1.00 bits per heavy atom. The highest BCUT2D eigenvalue weighted by Crippen LogP contribution is 2.15. The Balaban J connectivity index is 1.62. The van der Waals surface area contributed by atoms with Gasteiger partial charge in [0.05, 0.1) is 0 Å². The van der Waals surface area contributed by atoms with Gasteiger partial charge in [0.1, 0.15) is 11.9 Å². The first-order valence-electron chi connectivity index (χ1n) is 11.1. The van der Waals surface area contributed by atoms with Crippen LogP contribution >= 0.6 is 0 Å². The van der Waals surface area contributed by atoms with Crippen molar-refractivity contribution in [3.8, 4) is 0 Å². The van der Waals surface area contributed by atoms with Gasteiger partial charge >= 0.3 is 0 Å². The summed E-state index contributed by atoms with van der Waals surface area (Å²) < 4.78 is 13.2. The van der Waals surface area contributed by atoms with Crippen molar-refractivity contribution in [2.45, 2.75) is 39.3 Å². The molecule has 0 aromatic heterocycles. The summed E-state index contributed by atoms with van der Waals surface area (Å²) in [7, 11) is 0. The molecule has 0 saturated carbocycles. The van der Waals surface area contributed by atoms with Crippen molar-refractivity contribution in [1.29, 1.82) is 0 Å². The van der Waals surface area contributed by atoms with Gasteiger partial charge in [-0.15, -0.1) is 0 Å². The number of hydrogen-bond acceptors (Lipinski definition) is 3. The number of nitrogens with one attached hydrogen (secondary N) is 1. The minimum absolute atomic E-state index is 0.0118. The molecule has 0 radical (unpaired) electrons. The molecule has 0 bridgehead atoms. The lowest BCUT2D eigenvalue weighted by molar-refractivity contribution is -0.134. The maximum Gasteiger partial charge on any atom is 0.251 e. The van der Waals surface area contributed by atoms with Crippen molar-refractivity contribution in [2.24, 2.45) is 5.92 Å². The van der Waals surface area contributed by atoms with Crippen LogP contribution in [0.1, 0.15) is 42.6 Å². The highest BCUT2D eigenvalue weighted by molar-refractivity contribution is 5.97. The lowest BCUT2D eigenvalue weighted by Gasteiger charge is -2.30. The van der Waals surface area contributed by atoms with Gasteiger partial charge in [0.15, 0.2) is 0 Å². The van der Waals surface area contributed by atoms with Gasteiger partial charge in [0.2, 0.25) is 5.91 Å². The standard InChI is InChI=1S/C25H32FN3O2/c1-3-19(2)23(27-24(30)21-8-5-4-6-9-21)25(31)29-15-7-14-28(16-17-29)18-20-10-12-22(26)13-11-20/h4-6,8-13,19,23H,3,7,14-18H2,1-2H3,(H,27,30)/t19-,23-/m0/s1. The van der Waals surface area contributed by atoms with Gasteiger partial charge in [-0.3, -0.25) is 14.5 Å². The van der Waals surface area contributed by atoms with Crippen LogP contribution in [0.2, 0.25) is 0 Å².